The maximum atomic E-state index is 12.6. The number of aromatic nitrogens is 1. The van der Waals surface area contributed by atoms with Crippen LogP contribution in [0.1, 0.15) is 23.4 Å². The Hall–Kier alpha value is -3.03. The van der Waals surface area contributed by atoms with E-state index in [4.69, 9.17) is 22.4 Å². The van der Waals surface area contributed by atoms with Gasteiger partial charge in [-0.2, -0.15) is 0 Å². The lowest BCUT2D eigenvalue weighted by molar-refractivity contribution is -0.131. The predicted octanol–water partition coefficient (Wildman–Crippen LogP) is 4.90. The Morgan fingerprint density at radius 2 is 1.89 bits per heavy atom. The van der Waals surface area contributed by atoms with E-state index in [2.05, 4.69) is 10.9 Å². The van der Waals surface area contributed by atoms with Crippen LogP contribution in [0.5, 0.6) is 0 Å². The summed E-state index contributed by atoms with van der Waals surface area (Å²) in [5.74, 6) is 3.72. The molecule has 5 heteroatoms. The molecule has 0 spiro atoms. The van der Waals surface area contributed by atoms with Crippen molar-refractivity contribution in [2.24, 2.45) is 0 Å². The molecule has 0 aliphatic heterocycles. The topological polar surface area (TPSA) is 46.3 Å². The third kappa shape index (κ3) is 5.25. The summed E-state index contributed by atoms with van der Waals surface area (Å²) < 4.78 is 5.77. The fraction of sp³-hybridized carbons (Fsp3) is 0.217. The SMILES string of the molecule is C#CCN(Cc1ccc(C)cc1)C(=O)CCc1ncc(-c2ccc(Cl)cc2)o1. The molecule has 0 fully saturated rings. The molecule has 3 rings (SSSR count). The van der Waals surface area contributed by atoms with Crippen molar-refractivity contribution in [3.05, 3.63) is 76.8 Å². The lowest BCUT2D eigenvalue weighted by atomic mass is 10.1. The van der Waals surface area contributed by atoms with Crippen LogP contribution in [0, 0.1) is 19.3 Å². The van der Waals surface area contributed by atoms with E-state index in [1.54, 1.807) is 23.2 Å². The largest absolute Gasteiger partial charge is 0.441 e. The van der Waals surface area contributed by atoms with Gasteiger partial charge in [0.25, 0.3) is 0 Å². The minimum Gasteiger partial charge on any atom is -0.441 e. The Morgan fingerprint density at radius 3 is 2.57 bits per heavy atom. The predicted molar refractivity (Wildman–Crippen MR) is 111 cm³/mol. The average molecular weight is 393 g/mol. The molecule has 2 aromatic carbocycles. The molecule has 1 amide bonds. The summed E-state index contributed by atoms with van der Waals surface area (Å²) in [7, 11) is 0. The molecule has 0 radical (unpaired) electrons. The van der Waals surface area contributed by atoms with Crippen molar-refractivity contribution >= 4 is 17.5 Å². The summed E-state index contributed by atoms with van der Waals surface area (Å²) in [6.45, 7) is 2.79. The monoisotopic (exact) mass is 392 g/mol. The Kier molecular flexibility index (Phi) is 6.52. The minimum absolute atomic E-state index is 0.0234. The molecule has 0 saturated heterocycles. The maximum absolute atomic E-state index is 12.6. The number of rotatable bonds is 7. The molecule has 4 nitrogen and oxygen atoms in total. The zero-order valence-electron chi connectivity index (χ0n) is 15.7. The van der Waals surface area contributed by atoms with Crippen LogP contribution in [0.3, 0.4) is 0 Å². The maximum Gasteiger partial charge on any atom is 0.224 e. The van der Waals surface area contributed by atoms with E-state index in [-0.39, 0.29) is 18.9 Å². The second kappa shape index (κ2) is 9.25. The van der Waals surface area contributed by atoms with Crippen molar-refractivity contribution in [1.29, 1.82) is 0 Å². The van der Waals surface area contributed by atoms with E-state index in [0.717, 1.165) is 11.1 Å². The summed E-state index contributed by atoms with van der Waals surface area (Å²) in [4.78, 5) is 18.6. The molecular weight excluding hydrogens is 372 g/mol. The molecule has 0 aliphatic rings. The third-order valence-electron chi connectivity index (χ3n) is 4.36. The molecule has 1 heterocycles. The number of terminal acetylenes is 1. The molecule has 28 heavy (non-hydrogen) atoms. The normalized spacial score (nSPS) is 10.5. The van der Waals surface area contributed by atoms with Gasteiger partial charge in [0.15, 0.2) is 11.7 Å². The Balaban J connectivity index is 1.60. The standard InChI is InChI=1S/C23H21ClN2O2/c1-3-14-26(16-18-6-4-17(2)5-7-18)23(27)13-12-22-25-15-21(28-22)19-8-10-20(24)11-9-19/h1,4-11,15H,12-14,16H2,2H3. The lowest BCUT2D eigenvalue weighted by Crippen LogP contribution is -2.31. The Labute approximate surface area is 170 Å². The van der Waals surface area contributed by atoms with Gasteiger partial charge in [-0.25, -0.2) is 4.98 Å². The van der Waals surface area contributed by atoms with Crippen LogP contribution in [-0.2, 0) is 17.8 Å². The van der Waals surface area contributed by atoms with E-state index in [1.165, 1.54) is 5.56 Å². The molecule has 0 bridgehead atoms. The van der Waals surface area contributed by atoms with Gasteiger partial charge in [0.05, 0.1) is 12.7 Å². The number of hydrogen-bond donors (Lipinski definition) is 0. The molecule has 0 saturated carbocycles. The summed E-state index contributed by atoms with van der Waals surface area (Å²) in [5.41, 5.74) is 3.12. The highest BCUT2D eigenvalue weighted by atomic mass is 35.5. The molecule has 0 unspecified atom stereocenters. The van der Waals surface area contributed by atoms with E-state index >= 15 is 0 Å². The van der Waals surface area contributed by atoms with E-state index in [9.17, 15) is 4.79 Å². The molecule has 142 valence electrons. The van der Waals surface area contributed by atoms with Crippen LogP contribution in [-0.4, -0.2) is 22.3 Å². The number of carbonyl (C=O) groups excluding carboxylic acids is 1. The first-order valence-corrected chi connectivity index (χ1v) is 9.40. The molecule has 0 N–H and O–H groups in total. The summed E-state index contributed by atoms with van der Waals surface area (Å²) >= 11 is 5.91. The van der Waals surface area contributed by atoms with Crippen LogP contribution in [0.2, 0.25) is 5.02 Å². The lowest BCUT2D eigenvalue weighted by Gasteiger charge is -2.20. The van der Waals surface area contributed by atoms with E-state index in [0.29, 0.717) is 29.6 Å². The van der Waals surface area contributed by atoms with Crippen molar-refractivity contribution in [3.8, 4) is 23.7 Å². The van der Waals surface area contributed by atoms with Gasteiger partial charge in [-0.15, -0.1) is 6.42 Å². The minimum atomic E-state index is -0.0234. The van der Waals surface area contributed by atoms with Crippen LogP contribution in [0.25, 0.3) is 11.3 Å². The molecule has 0 atom stereocenters. The zero-order chi connectivity index (χ0) is 19.9. The second-order valence-corrected chi connectivity index (χ2v) is 7.00. The second-order valence-electron chi connectivity index (χ2n) is 6.56. The van der Waals surface area contributed by atoms with Crippen molar-refractivity contribution in [2.45, 2.75) is 26.3 Å². The summed E-state index contributed by atoms with van der Waals surface area (Å²) in [5, 5.41) is 0.663. The van der Waals surface area contributed by atoms with Gasteiger partial charge >= 0.3 is 0 Å². The average Bonchev–Trinajstić information content (AvgIpc) is 3.17. The number of benzene rings is 2. The number of hydrogen-bond acceptors (Lipinski definition) is 3. The van der Waals surface area contributed by atoms with Crippen molar-refractivity contribution in [1.82, 2.24) is 9.88 Å². The quantitative estimate of drug-likeness (QED) is 0.537. The highest BCUT2D eigenvalue weighted by molar-refractivity contribution is 6.30. The number of carbonyl (C=O) groups is 1. The van der Waals surface area contributed by atoms with Gasteiger partial charge < -0.3 is 9.32 Å². The van der Waals surface area contributed by atoms with E-state index < -0.39 is 0 Å². The number of halogens is 1. The first-order chi connectivity index (χ1) is 13.5. The van der Waals surface area contributed by atoms with Gasteiger partial charge in [0.2, 0.25) is 5.91 Å². The van der Waals surface area contributed by atoms with Crippen molar-refractivity contribution in [3.63, 3.8) is 0 Å². The molecule has 3 aromatic rings. The van der Waals surface area contributed by atoms with Gasteiger partial charge in [-0.1, -0.05) is 47.4 Å². The van der Waals surface area contributed by atoms with Crippen LogP contribution in [0.4, 0.5) is 0 Å². The van der Waals surface area contributed by atoms with Gasteiger partial charge in [-0.05, 0) is 36.8 Å². The van der Waals surface area contributed by atoms with Crippen molar-refractivity contribution in [2.75, 3.05) is 6.54 Å². The summed E-state index contributed by atoms with van der Waals surface area (Å²) in [6.07, 6.45) is 7.81. The van der Waals surface area contributed by atoms with Crippen LogP contribution < -0.4 is 0 Å². The number of amides is 1. The van der Waals surface area contributed by atoms with E-state index in [1.807, 2.05) is 43.3 Å². The Morgan fingerprint density at radius 1 is 1.18 bits per heavy atom. The molecule has 1 aromatic heterocycles. The van der Waals surface area contributed by atoms with Crippen LogP contribution >= 0.6 is 11.6 Å². The first kappa shape index (κ1) is 19.7. The number of aryl methyl sites for hydroxylation is 2. The molecular formula is C23H21ClN2O2. The first-order valence-electron chi connectivity index (χ1n) is 9.02. The zero-order valence-corrected chi connectivity index (χ0v) is 16.4. The fourth-order valence-electron chi connectivity index (χ4n) is 2.80. The Bertz CT molecular complexity index is 969. The van der Waals surface area contributed by atoms with Gasteiger partial charge in [0.1, 0.15) is 0 Å². The highest BCUT2D eigenvalue weighted by Crippen LogP contribution is 2.23. The fourth-order valence-corrected chi connectivity index (χ4v) is 2.93. The van der Waals surface area contributed by atoms with Gasteiger partial charge in [0, 0.05) is 30.0 Å². The number of nitrogens with zero attached hydrogens (tertiary/aromatic N) is 2. The summed E-state index contributed by atoms with van der Waals surface area (Å²) in [6, 6.07) is 15.4. The van der Waals surface area contributed by atoms with Gasteiger partial charge in [-0.3, -0.25) is 4.79 Å². The smallest absolute Gasteiger partial charge is 0.224 e. The third-order valence-corrected chi connectivity index (χ3v) is 4.62. The molecule has 0 aliphatic carbocycles. The van der Waals surface area contributed by atoms with Crippen molar-refractivity contribution < 1.29 is 9.21 Å². The van der Waals surface area contributed by atoms with Crippen LogP contribution in [0.15, 0.2) is 59.1 Å². The number of oxazole rings is 1. The highest BCUT2D eigenvalue weighted by Gasteiger charge is 2.15.